The van der Waals surface area contributed by atoms with Crippen molar-refractivity contribution in [3.8, 4) is 0 Å². The molecule has 2 aromatic rings. The van der Waals surface area contributed by atoms with E-state index in [-0.39, 0.29) is 17.1 Å². The lowest BCUT2D eigenvalue weighted by Crippen LogP contribution is -2.26. The van der Waals surface area contributed by atoms with Crippen molar-refractivity contribution in [3.05, 3.63) is 47.7 Å². The summed E-state index contributed by atoms with van der Waals surface area (Å²) in [4.78, 5) is -0.0535. The van der Waals surface area contributed by atoms with Gasteiger partial charge in [-0.1, -0.05) is 0 Å². The lowest BCUT2D eigenvalue weighted by molar-refractivity contribution is 0.397. The molecular weight excluding hydrogens is 283 g/mol. The molecule has 0 aliphatic carbocycles. The predicted molar refractivity (Wildman–Crippen MR) is 72.9 cm³/mol. The molecule has 1 aromatic carbocycles. The molecule has 0 atom stereocenters. The highest BCUT2D eigenvalue weighted by Crippen LogP contribution is 2.21. The van der Waals surface area contributed by atoms with E-state index >= 15 is 0 Å². The maximum Gasteiger partial charge on any atom is 0.243 e. The Hall–Kier alpha value is -1.86. The molecule has 0 aliphatic heterocycles. The fraction of sp³-hybridized carbons (Fsp3) is 0.231. The number of nitrogens with zero attached hydrogens (tertiary/aromatic N) is 1. The van der Waals surface area contributed by atoms with E-state index in [1.165, 1.54) is 13.1 Å². The normalized spacial score (nSPS) is 12.0. The van der Waals surface area contributed by atoms with Gasteiger partial charge in [0.25, 0.3) is 0 Å². The van der Waals surface area contributed by atoms with Gasteiger partial charge in [-0.3, -0.25) is 0 Å². The first-order valence-corrected chi connectivity index (χ1v) is 7.31. The summed E-state index contributed by atoms with van der Waals surface area (Å²) in [6.45, 7) is 1.87. The van der Waals surface area contributed by atoms with Gasteiger partial charge in [-0.05, 0) is 37.3 Å². The molecule has 0 saturated carbocycles. The third-order valence-corrected chi connectivity index (χ3v) is 4.65. The summed E-state index contributed by atoms with van der Waals surface area (Å²) in [6.07, 6.45) is 0. The Kier molecular flexibility index (Phi) is 3.82. The molecule has 2 rings (SSSR count). The Bertz CT molecular complexity index is 725. The van der Waals surface area contributed by atoms with E-state index in [4.69, 9.17) is 10.2 Å². The first kappa shape index (κ1) is 14.5. The Balaban J connectivity index is 2.27. The number of nitrogen functional groups attached to an aromatic ring is 1. The minimum Gasteiger partial charge on any atom is -0.465 e. The number of benzene rings is 1. The van der Waals surface area contributed by atoms with Crippen molar-refractivity contribution >= 4 is 15.7 Å². The average molecular weight is 298 g/mol. The largest absolute Gasteiger partial charge is 0.465 e. The lowest BCUT2D eigenvalue weighted by atomic mass is 10.3. The van der Waals surface area contributed by atoms with Gasteiger partial charge in [0.1, 0.15) is 17.3 Å². The van der Waals surface area contributed by atoms with E-state index in [1.54, 1.807) is 19.1 Å². The molecule has 0 amide bonds. The third-order valence-electron chi connectivity index (χ3n) is 2.85. The van der Waals surface area contributed by atoms with Crippen LogP contribution in [0.2, 0.25) is 0 Å². The molecule has 0 bridgehead atoms. The molecule has 0 fully saturated rings. The van der Waals surface area contributed by atoms with E-state index in [0.717, 1.165) is 16.4 Å². The van der Waals surface area contributed by atoms with E-state index in [1.807, 2.05) is 0 Å². The summed E-state index contributed by atoms with van der Waals surface area (Å²) >= 11 is 0. The third kappa shape index (κ3) is 2.83. The van der Waals surface area contributed by atoms with Crippen molar-refractivity contribution in [2.75, 3.05) is 12.8 Å². The van der Waals surface area contributed by atoms with Gasteiger partial charge in [-0.25, -0.2) is 12.8 Å². The Labute approximate surface area is 116 Å². The van der Waals surface area contributed by atoms with Gasteiger partial charge in [-0.15, -0.1) is 0 Å². The number of nitrogens with two attached hydrogens (primary N) is 1. The number of hydrogen-bond donors (Lipinski definition) is 1. The van der Waals surface area contributed by atoms with Crippen LogP contribution in [0.15, 0.2) is 39.6 Å². The van der Waals surface area contributed by atoms with Gasteiger partial charge in [0.15, 0.2) is 0 Å². The van der Waals surface area contributed by atoms with Crippen LogP contribution in [-0.2, 0) is 16.6 Å². The van der Waals surface area contributed by atoms with Crippen LogP contribution in [0.5, 0.6) is 0 Å². The molecule has 0 radical (unpaired) electrons. The van der Waals surface area contributed by atoms with E-state index in [0.29, 0.717) is 11.5 Å². The van der Waals surface area contributed by atoms with Crippen molar-refractivity contribution in [3.63, 3.8) is 0 Å². The average Bonchev–Trinajstić information content (AvgIpc) is 2.78. The predicted octanol–water partition coefficient (Wildman–Crippen LogP) is 2.13. The fourth-order valence-corrected chi connectivity index (χ4v) is 2.91. The van der Waals surface area contributed by atoms with Crippen LogP contribution < -0.4 is 5.73 Å². The highest BCUT2D eigenvalue weighted by Gasteiger charge is 2.22. The fourth-order valence-electron chi connectivity index (χ4n) is 1.74. The summed E-state index contributed by atoms with van der Waals surface area (Å²) in [5.74, 6) is 0.591. The van der Waals surface area contributed by atoms with Crippen LogP contribution in [-0.4, -0.2) is 19.8 Å². The minimum atomic E-state index is -3.74. The number of furan rings is 1. The maximum atomic E-state index is 13.1. The topological polar surface area (TPSA) is 76.5 Å². The zero-order valence-corrected chi connectivity index (χ0v) is 11.9. The molecule has 1 heterocycles. The quantitative estimate of drug-likeness (QED) is 0.877. The molecule has 7 heteroatoms. The summed E-state index contributed by atoms with van der Waals surface area (Å²) in [5, 5.41) is 0. The summed E-state index contributed by atoms with van der Waals surface area (Å²) < 4.78 is 44.2. The smallest absolute Gasteiger partial charge is 0.243 e. The molecule has 0 aliphatic rings. The first-order valence-electron chi connectivity index (χ1n) is 5.87. The van der Waals surface area contributed by atoms with E-state index in [2.05, 4.69) is 0 Å². The zero-order chi connectivity index (χ0) is 14.9. The monoisotopic (exact) mass is 298 g/mol. The second-order valence-electron chi connectivity index (χ2n) is 4.46. The SMILES string of the molecule is Cc1ccc(CN(C)S(=O)(=O)c2ccc(F)c(N)c2)o1. The number of rotatable bonds is 4. The number of aryl methyl sites for hydroxylation is 1. The van der Waals surface area contributed by atoms with Gasteiger partial charge < -0.3 is 10.2 Å². The Morgan fingerprint density at radius 3 is 2.55 bits per heavy atom. The summed E-state index contributed by atoms with van der Waals surface area (Å²) in [7, 11) is -2.32. The Morgan fingerprint density at radius 1 is 1.30 bits per heavy atom. The van der Waals surface area contributed by atoms with Gasteiger partial charge >= 0.3 is 0 Å². The molecule has 5 nitrogen and oxygen atoms in total. The second kappa shape index (κ2) is 5.26. The van der Waals surface area contributed by atoms with Crippen molar-refractivity contribution in [1.82, 2.24) is 4.31 Å². The second-order valence-corrected chi connectivity index (χ2v) is 6.50. The highest BCUT2D eigenvalue weighted by atomic mass is 32.2. The zero-order valence-electron chi connectivity index (χ0n) is 11.1. The van der Waals surface area contributed by atoms with Crippen LogP contribution in [0.25, 0.3) is 0 Å². The first-order chi connectivity index (χ1) is 9.30. The number of anilines is 1. The number of halogens is 1. The standard InChI is InChI=1S/C13H15FN2O3S/c1-9-3-4-10(19-9)8-16(2)20(17,18)11-5-6-12(14)13(15)7-11/h3-7H,8,15H2,1-2H3. The van der Waals surface area contributed by atoms with Gasteiger partial charge in [0.05, 0.1) is 17.1 Å². The molecule has 108 valence electrons. The number of sulfonamides is 1. The molecule has 0 saturated heterocycles. The van der Waals surface area contributed by atoms with Gasteiger partial charge in [0, 0.05) is 7.05 Å². The van der Waals surface area contributed by atoms with Crippen LogP contribution in [0, 0.1) is 12.7 Å². The molecule has 2 N–H and O–H groups in total. The van der Waals surface area contributed by atoms with Crippen LogP contribution in [0.1, 0.15) is 11.5 Å². The van der Waals surface area contributed by atoms with E-state index in [9.17, 15) is 12.8 Å². The Morgan fingerprint density at radius 2 is 2.00 bits per heavy atom. The van der Waals surface area contributed by atoms with Crippen molar-refractivity contribution in [2.45, 2.75) is 18.4 Å². The van der Waals surface area contributed by atoms with Crippen LogP contribution in [0.4, 0.5) is 10.1 Å². The summed E-state index contributed by atoms with van der Waals surface area (Å²) in [5.41, 5.74) is 5.20. The molecular formula is C13H15FN2O3S. The van der Waals surface area contributed by atoms with E-state index < -0.39 is 15.8 Å². The van der Waals surface area contributed by atoms with Crippen molar-refractivity contribution in [2.24, 2.45) is 0 Å². The van der Waals surface area contributed by atoms with Crippen molar-refractivity contribution < 1.29 is 17.2 Å². The molecule has 1 aromatic heterocycles. The van der Waals surface area contributed by atoms with Crippen molar-refractivity contribution in [1.29, 1.82) is 0 Å². The van der Waals surface area contributed by atoms with Crippen LogP contribution in [0.3, 0.4) is 0 Å². The molecule has 20 heavy (non-hydrogen) atoms. The maximum absolute atomic E-state index is 13.1. The highest BCUT2D eigenvalue weighted by molar-refractivity contribution is 7.89. The molecule has 0 unspecified atom stereocenters. The lowest BCUT2D eigenvalue weighted by Gasteiger charge is -2.16. The van der Waals surface area contributed by atoms with Crippen LogP contribution >= 0.6 is 0 Å². The minimum absolute atomic E-state index is 0.0535. The molecule has 0 spiro atoms. The number of hydrogen-bond acceptors (Lipinski definition) is 4. The summed E-state index contributed by atoms with van der Waals surface area (Å²) in [6, 6.07) is 6.79. The van der Waals surface area contributed by atoms with Gasteiger partial charge in [-0.2, -0.15) is 4.31 Å². The van der Waals surface area contributed by atoms with Gasteiger partial charge in [0.2, 0.25) is 10.0 Å².